The Morgan fingerprint density at radius 2 is 1.62 bits per heavy atom. The fraction of sp³-hybridized carbons (Fsp3) is 0.455. The molecule has 0 atom stereocenters. The van der Waals surface area contributed by atoms with E-state index in [1.165, 1.54) is 28.9 Å². The van der Waals surface area contributed by atoms with Crippen molar-refractivity contribution in [3.63, 3.8) is 0 Å². The normalized spacial score (nSPS) is 18.7. The van der Waals surface area contributed by atoms with Crippen molar-refractivity contribution in [2.45, 2.75) is 18.4 Å². The highest BCUT2D eigenvalue weighted by Crippen LogP contribution is 2.20. The maximum absolute atomic E-state index is 13.1. The fourth-order valence-corrected chi connectivity index (χ4v) is 6.24. The number of hydrogen-bond acceptors (Lipinski definition) is 6. The molecule has 2 aromatic rings. The topological polar surface area (TPSA) is 81.2 Å². The van der Waals surface area contributed by atoms with E-state index >= 15 is 0 Å². The van der Waals surface area contributed by atoms with Crippen molar-refractivity contribution in [1.82, 2.24) is 19.0 Å². The quantitative estimate of drug-likeness (QED) is 0.654. The van der Waals surface area contributed by atoms with Crippen molar-refractivity contribution in [1.29, 1.82) is 0 Å². The van der Waals surface area contributed by atoms with Gasteiger partial charge in [0.25, 0.3) is 5.91 Å². The Morgan fingerprint density at radius 1 is 0.938 bits per heavy atom. The molecule has 32 heavy (non-hydrogen) atoms. The van der Waals surface area contributed by atoms with Crippen LogP contribution < -0.4 is 0 Å². The minimum atomic E-state index is -3.72. The summed E-state index contributed by atoms with van der Waals surface area (Å²) in [6.45, 7) is 6.46. The molecule has 0 spiro atoms. The molecule has 2 fully saturated rings. The van der Waals surface area contributed by atoms with Crippen LogP contribution in [0.3, 0.4) is 0 Å². The molecule has 2 amide bonds. The maximum atomic E-state index is 13.1. The van der Waals surface area contributed by atoms with Gasteiger partial charge in [-0.2, -0.15) is 15.6 Å². The Morgan fingerprint density at radius 3 is 2.25 bits per heavy atom. The third-order valence-electron chi connectivity index (χ3n) is 6.05. The van der Waals surface area contributed by atoms with Gasteiger partial charge in [-0.25, -0.2) is 8.42 Å². The molecular weight excluding hydrogens is 448 g/mol. The molecule has 2 aliphatic heterocycles. The summed E-state index contributed by atoms with van der Waals surface area (Å²) in [6.07, 6.45) is 0. The molecule has 0 aliphatic carbocycles. The molecule has 8 nitrogen and oxygen atoms in total. The number of sulfonamides is 1. The summed E-state index contributed by atoms with van der Waals surface area (Å²) in [7, 11) is -3.72. The third-order valence-corrected chi connectivity index (χ3v) is 8.68. The fourth-order valence-electron chi connectivity index (χ4n) is 4.11. The van der Waals surface area contributed by atoms with Crippen LogP contribution in [-0.4, -0.2) is 91.6 Å². The van der Waals surface area contributed by atoms with Gasteiger partial charge in [0.2, 0.25) is 15.9 Å². The molecule has 0 unspecified atom stereocenters. The monoisotopic (exact) mass is 476 g/mol. The molecule has 0 bridgehead atoms. The van der Waals surface area contributed by atoms with Crippen molar-refractivity contribution in [2.24, 2.45) is 0 Å². The van der Waals surface area contributed by atoms with E-state index in [0.29, 0.717) is 31.7 Å². The zero-order valence-electron chi connectivity index (χ0n) is 18.1. The van der Waals surface area contributed by atoms with E-state index in [2.05, 4.69) is 21.7 Å². The number of carbonyl (C=O) groups excluding carboxylic acids is 2. The van der Waals surface area contributed by atoms with Gasteiger partial charge in [0.1, 0.15) is 0 Å². The van der Waals surface area contributed by atoms with E-state index in [1.807, 2.05) is 0 Å². The van der Waals surface area contributed by atoms with Crippen LogP contribution in [0.15, 0.2) is 46.0 Å². The largest absolute Gasteiger partial charge is 0.340 e. The second-order valence-electron chi connectivity index (χ2n) is 8.14. The average Bonchev–Trinajstić information content (AvgIpc) is 3.32. The molecule has 2 aliphatic rings. The standard InChI is InChI=1S/C22H28N4O4S2/c1-18(27)24-10-12-26(13-11-24)32(29,30)21-4-2-3-20(15-21)22(28)25-8-6-23(7-9-25)16-19-5-14-31-17-19/h2-5,14-15,17H,6-13,16H2,1H3. The Kier molecular flexibility index (Phi) is 6.94. The summed E-state index contributed by atoms with van der Waals surface area (Å²) in [5.41, 5.74) is 1.68. The second-order valence-corrected chi connectivity index (χ2v) is 10.9. The van der Waals surface area contributed by atoms with E-state index < -0.39 is 10.0 Å². The molecule has 0 N–H and O–H groups in total. The highest BCUT2D eigenvalue weighted by molar-refractivity contribution is 7.89. The van der Waals surface area contributed by atoms with E-state index in [-0.39, 0.29) is 29.8 Å². The molecule has 3 heterocycles. The molecule has 1 aromatic heterocycles. The number of nitrogens with zero attached hydrogens (tertiary/aromatic N) is 4. The van der Waals surface area contributed by atoms with E-state index in [0.717, 1.165) is 19.6 Å². The van der Waals surface area contributed by atoms with Gasteiger partial charge in [0, 0.05) is 71.4 Å². The molecule has 4 rings (SSSR count). The first kappa shape index (κ1) is 22.9. The van der Waals surface area contributed by atoms with E-state index in [4.69, 9.17) is 0 Å². The Labute approximate surface area is 193 Å². The van der Waals surface area contributed by atoms with Crippen LogP contribution in [-0.2, 0) is 21.4 Å². The van der Waals surface area contributed by atoms with Gasteiger partial charge in [-0.3, -0.25) is 14.5 Å². The maximum Gasteiger partial charge on any atom is 0.253 e. The van der Waals surface area contributed by atoms with Gasteiger partial charge in [-0.15, -0.1) is 0 Å². The van der Waals surface area contributed by atoms with Gasteiger partial charge in [0.15, 0.2) is 0 Å². The zero-order valence-corrected chi connectivity index (χ0v) is 19.8. The SMILES string of the molecule is CC(=O)N1CCN(S(=O)(=O)c2cccc(C(=O)N3CCN(Cc4ccsc4)CC3)c2)CC1. The lowest BCUT2D eigenvalue weighted by molar-refractivity contribution is -0.129. The van der Waals surface area contributed by atoms with Crippen LogP contribution in [0.5, 0.6) is 0 Å². The summed E-state index contributed by atoms with van der Waals surface area (Å²) in [5.74, 6) is -0.191. The van der Waals surface area contributed by atoms with Crippen molar-refractivity contribution < 1.29 is 18.0 Å². The van der Waals surface area contributed by atoms with Gasteiger partial charge in [-0.1, -0.05) is 6.07 Å². The first-order valence-corrected chi connectivity index (χ1v) is 13.1. The number of rotatable bonds is 5. The number of piperazine rings is 2. The van der Waals surface area contributed by atoms with E-state index in [9.17, 15) is 18.0 Å². The first-order valence-electron chi connectivity index (χ1n) is 10.7. The number of carbonyl (C=O) groups is 2. The number of hydrogen-bond donors (Lipinski definition) is 0. The smallest absolute Gasteiger partial charge is 0.253 e. The second kappa shape index (κ2) is 9.70. The van der Waals surface area contributed by atoms with Crippen LogP contribution in [0.4, 0.5) is 0 Å². The van der Waals surface area contributed by atoms with Crippen molar-refractivity contribution in [3.05, 3.63) is 52.2 Å². The summed E-state index contributed by atoms with van der Waals surface area (Å²) in [4.78, 5) is 30.4. The van der Waals surface area contributed by atoms with Crippen LogP contribution >= 0.6 is 11.3 Å². The number of benzene rings is 1. The van der Waals surface area contributed by atoms with Crippen LogP contribution in [0.2, 0.25) is 0 Å². The van der Waals surface area contributed by atoms with E-state index in [1.54, 1.807) is 33.3 Å². The summed E-state index contributed by atoms with van der Waals surface area (Å²) < 4.78 is 27.6. The van der Waals surface area contributed by atoms with Gasteiger partial charge in [-0.05, 0) is 40.6 Å². The van der Waals surface area contributed by atoms with Gasteiger partial charge >= 0.3 is 0 Å². The molecule has 0 saturated carbocycles. The minimum Gasteiger partial charge on any atom is -0.340 e. The Bertz CT molecular complexity index is 1060. The lowest BCUT2D eigenvalue weighted by Crippen LogP contribution is -2.50. The molecule has 10 heteroatoms. The number of amides is 2. The molecule has 1 aromatic carbocycles. The molecular formula is C22H28N4O4S2. The predicted molar refractivity (Wildman–Crippen MR) is 123 cm³/mol. The lowest BCUT2D eigenvalue weighted by atomic mass is 10.1. The number of thiophene rings is 1. The predicted octanol–water partition coefficient (Wildman–Crippen LogP) is 1.56. The third kappa shape index (κ3) is 5.03. The molecule has 2 saturated heterocycles. The lowest BCUT2D eigenvalue weighted by Gasteiger charge is -2.35. The Hall–Kier alpha value is -2.27. The minimum absolute atomic E-state index is 0.0509. The van der Waals surface area contributed by atoms with Gasteiger partial charge < -0.3 is 9.80 Å². The summed E-state index contributed by atoms with van der Waals surface area (Å²) in [6, 6.07) is 8.43. The van der Waals surface area contributed by atoms with Crippen LogP contribution in [0, 0.1) is 0 Å². The van der Waals surface area contributed by atoms with Crippen LogP contribution in [0.25, 0.3) is 0 Å². The first-order chi connectivity index (χ1) is 15.3. The highest BCUT2D eigenvalue weighted by atomic mass is 32.2. The van der Waals surface area contributed by atoms with Crippen molar-refractivity contribution in [3.8, 4) is 0 Å². The Balaban J connectivity index is 1.39. The highest BCUT2D eigenvalue weighted by Gasteiger charge is 2.30. The zero-order chi connectivity index (χ0) is 22.7. The van der Waals surface area contributed by atoms with Crippen molar-refractivity contribution >= 4 is 33.2 Å². The van der Waals surface area contributed by atoms with Crippen LogP contribution in [0.1, 0.15) is 22.8 Å². The average molecular weight is 477 g/mol. The van der Waals surface area contributed by atoms with Crippen molar-refractivity contribution in [2.75, 3.05) is 52.4 Å². The molecule has 172 valence electrons. The summed E-state index contributed by atoms with van der Waals surface area (Å²) >= 11 is 1.68. The molecule has 0 radical (unpaired) electrons. The summed E-state index contributed by atoms with van der Waals surface area (Å²) in [5, 5.41) is 4.21. The van der Waals surface area contributed by atoms with Gasteiger partial charge in [0.05, 0.1) is 4.90 Å².